The molecule has 1 atom stereocenters. The highest BCUT2D eigenvalue weighted by Crippen LogP contribution is 2.47. The molecule has 0 saturated carbocycles. The highest BCUT2D eigenvalue weighted by Gasteiger charge is 2.47. The van der Waals surface area contributed by atoms with E-state index in [4.69, 9.17) is 19.2 Å². The molecule has 0 spiro atoms. The molecule has 0 bridgehead atoms. The van der Waals surface area contributed by atoms with Crippen molar-refractivity contribution in [1.82, 2.24) is 29.3 Å². The maximum atomic E-state index is 13.7. The number of amides is 1. The lowest BCUT2D eigenvalue weighted by Gasteiger charge is -2.39. The third-order valence-electron chi connectivity index (χ3n) is 10.2. The smallest absolute Gasteiger partial charge is 0.414 e. The van der Waals surface area contributed by atoms with E-state index in [9.17, 15) is 10.1 Å². The molecular formula is C39H55N9O3Si. The fraction of sp³-hybridized carbons (Fsp3) is 0.538. The van der Waals surface area contributed by atoms with Gasteiger partial charge in [-0.15, -0.1) is 0 Å². The van der Waals surface area contributed by atoms with Crippen LogP contribution in [0.15, 0.2) is 43.1 Å². The van der Waals surface area contributed by atoms with Gasteiger partial charge in [-0.05, 0) is 81.4 Å². The number of carbonyl (C=O) groups excluding carboxylic acids is 1. The zero-order chi connectivity index (χ0) is 38.2. The van der Waals surface area contributed by atoms with Gasteiger partial charge in [-0.1, -0.05) is 41.5 Å². The van der Waals surface area contributed by atoms with Crippen LogP contribution in [0.3, 0.4) is 0 Å². The van der Waals surface area contributed by atoms with Crippen molar-refractivity contribution in [2.75, 3.05) is 23.4 Å². The van der Waals surface area contributed by atoms with Crippen molar-refractivity contribution in [2.24, 2.45) is 13.0 Å². The van der Waals surface area contributed by atoms with Crippen molar-refractivity contribution in [2.45, 2.75) is 111 Å². The molecular weight excluding hydrogens is 671 g/mol. The summed E-state index contributed by atoms with van der Waals surface area (Å²) in [5, 5.41) is 18.7. The van der Waals surface area contributed by atoms with Crippen LogP contribution >= 0.6 is 0 Å². The van der Waals surface area contributed by atoms with Crippen molar-refractivity contribution in [3.05, 3.63) is 65.6 Å². The Balaban J connectivity index is 1.53. The number of fused-ring (bicyclic) bond motifs is 1. The standard InChI is InChI=1S/C39H55N9O3Si/c1-26(2)13-14-33-32(21-43-48(33)22-29-20-41-25-46(29)10)45-35-42-16-15-31(44-35)27-17-28(19-40)34-30(18-27)39(9,24-50-52(11,12)38(6,7)8)23-47(34)36(49)51-37(3,4)5/h15-18,20-21,25-26H,13-14,22-24H2,1-12H3,(H,42,44,45)/t39-/m1/s1. The number of aromatic nitrogens is 6. The van der Waals surface area contributed by atoms with E-state index in [-0.39, 0.29) is 5.04 Å². The van der Waals surface area contributed by atoms with Crippen LogP contribution in [-0.4, -0.2) is 62.5 Å². The van der Waals surface area contributed by atoms with Crippen LogP contribution in [0.25, 0.3) is 11.3 Å². The number of hydrogen-bond donors (Lipinski definition) is 1. The Hall–Kier alpha value is -4.54. The van der Waals surface area contributed by atoms with Gasteiger partial charge in [-0.3, -0.25) is 9.58 Å². The molecule has 5 rings (SSSR count). The Morgan fingerprint density at radius 2 is 1.88 bits per heavy atom. The van der Waals surface area contributed by atoms with Crippen molar-refractivity contribution in [3.8, 4) is 17.3 Å². The van der Waals surface area contributed by atoms with E-state index in [2.05, 4.69) is 76.0 Å². The monoisotopic (exact) mass is 725 g/mol. The molecule has 4 aromatic rings. The van der Waals surface area contributed by atoms with E-state index >= 15 is 0 Å². The molecule has 3 aromatic heterocycles. The number of ether oxygens (including phenoxy) is 1. The van der Waals surface area contributed by atoms with Gasteiger partial charge in [0.15, 0.2) is 8.32 Å². The third kappa shape index (κ3) is 8.39. The summed E-state index contributed by atoms with van der Waals surface area (Å²) < 4.78 is 16.6. The van der Waals surface area contributed by atoms with Crippen LogP contribution in [-0.2, 0) is 34.6 Å². The molecule has 1 aliphatic rings. The Morgan fingerprint density at radius 3 is 2.50 bits per heavy atom. The first-order valence-corrected chi connectivity index (χ1v) is 21.0. The number of nitrogens with one attached hydrogen (secondary N) is 1. The number of rotatable bonds is 11. The minimum absolute atomic E-state index is 0.00334. The predicted molar refractivity (Wildman–Crippen MR) is 207 cm³/mol. The minimum atomic E-state index is -2.15. The first-order valence-electron chi connectivity index (χ1n) is 18.0. The van der Waals surface area contributed by atoms with Gasteiger partial charge in [0, 0.05) is 37.4 Å². The Morgan fingerprint density at radius 1 is 1.15 bits per heavy atom. The molecule has 0 fully saturated rings. The number of hydrogen-bond acceptors (Lipinski definition) is 9. The lowest BCUT2D eigenvalue weighted by molar-refractivity contribution is 0.0575. The van der Waals surface area contributed by atoms with Gasteiger partial charge in [0.1, 0.15) is 11.7 Å². The molecule has 52 heavy (non-hydrogen) atoms. The molecule has 0 unspecified atom stereocenters. The van der Waals surface area contributed by atoms with E-state index < -0.39 is 25.4 Å². The number of imidazole rings is 1. The Labute approximate surface area is 309 Å². The second-order valence-corrected chi connectivity index (χ2v) is 22.0. The molecule has 1 N–H and O–H groups in total. The summed E-state index contributed by atoms with van der Waals surface area (Å²) in [6, 6.07) is 8.05. The largest absolute Gasteiger partial charge is 0.443 e. The SMILES string of the molecule is CC(C)CCc1c(Nc2nccc(-c3cc(C#N)c4c(c3)[C@@](C)(CO[Si](C)(C)C(C)(C)C)CN4C(=O)OC(C)(C)C)n2)cnn1Cc1cncn1C. The quantitative estimate of drug-likeness (QED) is 0.151. The Kier molecular flexibility index (Phi) is 10.8. The summed E-state index contributed by atoms with van der Waals surface area (Å²) in [7, 11) is -0.169. The second-order valence-electron chi connectivity index (χ2n) is 17.2. The molecule has 0 saturated heterocycles. The first kappa shape index (κ1) is 38.7. The van der Waals surface area contributed by atoms with Gasteiger partial charge < -0.3 is 19.0 Å². The maximum absolute atomic E-state index is 13.7. The van der Waals surface area contributed by atoms with E-state index in [0.717, 1.165) is 41.0 Å². The van der Waals surface area contributed by atoms with Gasteiger partial charge >= 0.3 is 6.09 Å². The third-order valence-corrected chi connectivity index (χ3v) is 14.6. The molecule has 0 radical (unpaired) electrons. The van der Waals surface area contributed by atoms with Crippen molar-refractivity contribution in [1.29, 1.82) is 5.26 Å². The molecule has 1 aromatic carbocycles. The summed E-state index contributed by atoms with van der Waals surface area (Å²) in [6.45, 7) is 24.4. The number of carbonyl (C=O) groups is 1. The number of aryl methyl sites for hydroxylation is 1. The number of nitrogens with zero attached hydrogens (tertiary/aromatic N) is 8. The number of anilines is 3. The fourth-order valence-corrected chi connectivity index (χ4v) is 7.13. The number of benzene rings is 1. The zero-order valence-electron chi connectivity index (χ0n) is 33.0. The molecule has 12 nitrogen and oxygen atoms in total. The van der Waals surface area contributed by atoms with E-state index in [0.29, 0.717) is 48.5 Å². The topological polar surface area (TPSA) is 136 Å². The van der Waals surface area contributed by atoms with Crippen LogP contribution in [0.1, 0.15) is 91.2 Å². The fourth-order valence-electron chi connectivity index (χ4n) is 6.02. The lowest BCUT2D eigenvalue weighted by atomic mass is 9.83. The van der Waals surface area contributed by atoms with Gasteiger partial charge in [0.2, 0.25) is 5.95 Å². The molecule has 1 amide bonds. The summed E-state index contributed by atoms with van der Waals surface area (Å²) in [6.07, 6.45) is 8.53. The summed E-state index contributed by atoms with van der Waals surface area (Å²) in [5.41, 5.74) is 4.83. The van der Waals surface area contributed by atoms with E-state index in [1.165, 1.54) is 0 Å². The van der Waals surface area contributed by atoms with E-state index in [1.54, 1.807) is 23.5 Å². The number of nitriles is 1. The van der Waals surface area contributed by atoms with Crippen LogP contribution in [0.2, 0.25) is 18.1 Å². The van der Waals surface area contributed by atoms with Crippen molar-refractivity contribution >= 4 is 31.7 Å². The van der Waals surface area contributed by atoms with Crippen LogP contribution < -0.4 is 10.2 Å². The second kappa shape index (κ2) is 14.5. The Bertz CT molecular complexity index is 1960. The zero-order valence-corrected chi connectivity index (χ0v) is 34.0. The van der Waals surface area contributed by atoms with Gasteiger partial charge in [0.05, 0.1) is 59.3 Å². The normalized spacial score (nSPS) is 16.3. The van der Waals surface area contributed by atoms with Gasteiger partial charge in [0.25, 0.3) is 0 Å². The summed E-state index contributed by atoms with van der Waals surface area (Å²) >= 11 is 0. The van der Waals surface area contributed by atoms with Crippen LogP contribution in [0.5, 0.6) is 0 Å². The molecule has 1 aliphatic heterocycles. The molecule has 278 valence electrons. The summed E-state index contributed by atoms with van der Waals surface area (Å²) in [5.74, 6) is 0.938. The predicted octanol–water partition coefficient (Wildman–Crippen LogP) is 8.36. The molecule has 4 heterocycles. The average molecular weight is 726 g/mol. The molecule has 0 aliphatic carbocycles. The van der Waals surface area contributed by atoms with Crippen molar-refractivity contribution < 1.29 is 14.0 Å². The van der Waals surface area contributed by atoms with Gasteiger partial charge in [-0.2, -0.15) is 10.4 Å². The highest BCUT2D eigenvalue weighted by atomic mass is 28.4. The van der Waals surface area contributed by atoms with E-state index in [1.807, 2.05) is 61.6 Å². The van der Waals surface area contributed by atoms with Gasteiger partial charge in [-0.25, -0.2) is 19.7 Å². The minimum Gasteiger partial charge on any atom is -0.443 e. The first-order chi connectivity index (χ1) is 24.2. The average Bonchev–Trinajstić information content (AvgIpc) is 3.73. The highest BCUT2D eigenvalue weighted by molar-refractivity contribution is 6.74. The summed E-state index contributed by atoms with van der Waals surface area (Å²) in [4.78, 5) is 29.0. The maximum Gasteiger partial charge on any atom is 0.414 e. The van der Waals surface area contributed by atoms with Crippen LogP contribution in [0, 0.1) is 17.2 Å². The van der Waals surface area contributed by atoms with Crippen molar-refractivity contribution in [3.63, 3.8) is 0 Å². The van der Waals surface area contributed by atoms with Crippen LogP contribution in [0.4, 0.5) is 22.1 Å². The lowest BCUT2D eigenvalue weighted by Crippen LogP contribution is -2.46. The molecule has 13 heteroatoms.